The van der Waals surface area contributed by atoms with E-state index < -0.39 is 0 Å². The van der Waals surface area contributed by atoms with Crippen LogP contribution < -0.4 is 4.74 Å². The maximum atomic E-state index is 6.22. The second-order valence-corrected chi connectivity index (χ2v) is 8.78. The van der Waals surface area contributed by atoms with Crippen LogP contribution in [0.1, 0.15) is 44.6 Å². The van der Waals surface area contributed by atoms with Crippen LogP contribution in [0.15, 0.2) is 97.1 Å². The molecule has 0 heterocycles. The Morgan fingerprint density at radius 1 is 0.545 bits per heavy atom. The summed E-state index contributed by atoms with van der Waals surface area (Å²) in [5.74, 6) is 0.991. The van der Waals surface area contributed by atoms with Crippen molar-refractivity contribution >= 4 is 0 Å². The maximum absolute atomic E-state index is 6.22. The lowest BCUT2D eigenvalue weighted by Gasteiger charge is -2.13. The predicted octanol–water partition coefficient (Wildman–Crippen LogP) is 9.35. The van der Waals surface area contributed by atoms with Crippen LogP contribution in [0.3, 0.4) is 0 Å². The Balaban J connectivity index is 1.47. The highest BCUT2D eigenvalue weighted by molar-refractivity contribution is 5.75. The Hall–Kier alpha value is -3.32. The Kier molecular flexibility index (Phi) is 7.98. The average molecular weight is 435 g/mol. The zero-order valence-corrected chi connectivity index (χ0v) is 19.9. The van der Waals surface area contributed by atoms with Crippen molar-refractivity contribution in [3.05, 3.63) is 103 Å². The van der Waals surface area contributed by atoms with Crippen LogP contribution in [0.5, 0.6) is 5.75 Å². The van der Waals surface area contributed by atoms with E-state index in [1.165, 1.54) is 64.6 Å². The van der Waals surface area contributed by atoms with E-state index in [1.54, 1.807) is 0 Å². The fourth-order valence-electron chi connectivity index (χ4n) is 4.20. The standard InChI is InChI=1S/C32H34O/c1-3-4-5-6-10-23-33-32-24-25(2)13-22-31(32)30-20-18-29(19-21-30)28-16-14-27(15-17-28)26-11-8-7-9-12-26/h7-9,11-22,24H,3-6,10,23H2,1-2H3. The molecule has 0 N–H and O–H groups in total. The number of benzene rings is 4. The summed E-state index contributed by atoms with van der Waals surface area (Å²) in [6.45, 7) is 5.16. The van der Waals surface area contributed by atoms with Crippen molar-refractivity contribution in [1.29, 1.82) is 0 Å². The fraction of sp³-hybridized carbons (Fsp3) is 0.250. The number of hydrogen-bond donors (Lipinski definition) is 0. The summed E-state index contributed by atoms with van der Waals surface area (Å²) in [7, 11) is 0. The maximum Gasteiger partial charge on any atom is 0.127 e. The zero-order valence-electron chi connectivity index (χ0n) is 19.9. The summed E-state index contributed by atoms with van der Waals surface area (Å²) < 4.78 is 6.22. The molecule has 0 bridgehead atoms. The second kappa shape index (κ2) is 11.5. The highest BCUT2D eigenvalue weighted by Crippen LogP contribution is 2.33. The third kappa shape index (κ3) is 6.14. The molecule has 0 unspecified atom stereocenters. The average Bonchev–Trinajstić information content (AvgIpc) is 2.87. The van der Waals surface area contributed by atoms with E-state index in [-0.39, 0.29) is 0 Å². The molecule has 0 aliphatic heterocycles. The first-order chi connectivity index (χ1) is 16.2. The van der Waals surface area contributed by atoms with Crippen LogP contribution in [0.25, 0.3) is 33.4 Å². The molecule has 0 radical (unpaired) electrons. The fourth-order valence-corrected chi connectivity index (χ4v) is 4.20. The Bertz CT molecular complexity index is 1130. The SMILES string of the molecule is CCCCCCCOc1cc(C)ccc1-c1ccc(-c2ccc(-c3ccccc3)cc2)cc1. The molecule has 0 fully saturated rings. The minimum Gasteiger partial charge on any atom is -0.493 e. The van der Waals surface area contributed by atoms with Gasteiger partial charge in [0.05, 0.1) is 6.61 Å². The van der Waals surface area contributed by atoms with Gasteiger partial charge in [-0.15, -0.1) is 0 Å². The third-order valence-electron chi connectivity index (χ3n) is 6.16. The molecule has 0 aliphatic carbocycles. The lowest BCUT2D eigenvalue weighted by atomic mass is 9.97. The van der Waals surface area contributed by atoms with Gasteiger partial charge in [0.15, 0.2) is 0 Å². The minimum atomic E-state index is 0.784. The van der Waals surface area contributed by atoms with E-state index in [2.05, 4.69) is 111 Å². The molecule has 0 aromatic heterocycles. The van der Waals surface area contributed by atoms with E-state index in [9.17, 15) is 0 Å². The third-order valence-corrected chi connectivity index (χ3v) is 6.16. The number of aryl methyl sites for hydroxylation is 1. The van der Waals surface area contributed by atoms with Gasteiger partial charge < -0.3 is 4.74 Å². The summed E-state index contributed by atoms with van der Waals surface area (Å²) in [6.07, 6.45) is 6.25. The van der Waals surface area contributed by atoms with Crippen molar-refractivity contribution in [3.8, 4) is 39.1 Å². The zero-order chi connectivity index (χ0) is 22.9. The molecule has 1 heteroatoms. The van der Waals surface area contributed by atoms with Gasteiger partial charge in [0.1, 0.15) is 5.75 Å². The Morgan fingerprint density at radius 3 is 1.70 bits per heavy atom. The topological polar surface area (TPSA) is 9.23 Å². The molecule has 4 rings (SSSR count). The van der Waals surface area contributed by atoms with Crippen LogP contribution in [0, 0.1) is 6.92 Å². The summed E-state index contributed by atoms with van der Waals surface area (Å²) >= 11 is 0. The lowest BCUT2D eigenvalue weighted by Crippen LogP contribution is -1.99. The van der Waals surface area contributed by atoms with Crippen molar-refractivity contribution in [1.82, 2.24) is 0 Å². The molecule has 4 aromatic rings. The van der Waals surface area contributed by atoms with E-state index in [0.717, 1.165) is 18.8 Å². The summed E-state index contributed by atoms with van der Waals surface area (Å²) in [6, 6.07) is 34.7. The van der Waals surface area contributed by atoms with Gasteiger partial charge in [-0.05, 0) is 52.8 Å². The van der Waals surface area contributed by atoms with E-state index in [4.69, 9.17) is 4.74 Å². The summed E-state index contributed by atoms with van der Waals surface area (Å²) in [4.78, 5) is 0. The van der Waals surface area contributed by atoms with Gasteiger partial charge in [0, 0.05) is 5.56 Å². The predicted molar refractivity (Wildman–Crippen MR) is 142 cm³/mol. The molecule has 0 spiro atoms. The van der Waals surface area contributed by atoms with Crippen molar-refractivity contribution in [2.24, 2.45) is 0 Å². The molecule has 1 nitrogen and oxygen atoms in total. The van der Waals surface area contributed by atoms with Gasteiger partial charge >= 0.3 is 0 Å². The van der Waals surface area contributed by atoms with Gasteiger partial charge in [-0.25, -0.2) is 0 Å². The monoisotopic (exact) mass is 434 g/mol. The molecule has 4 aromatic carbocycles. The van der Waals surface area contributed by atoms with Crippen molar-refractivity contribution in [3.63, 3.8) is 0 Å². The largest absolute Gasteiger partial charge is 0.493 e. The van der Waals surface area contributed by atoms with Crippen molar-refractivity contribution in [2.75, 3.05) is 6.61 Å². The molecule has 168 valence electrons. The van der Waals surface area contributed by atoms with Gasteiger partial charge in [-0.3, -0.25) is 0 Å². The number of ether oxygens (including phenoxy) is 1. The van der Waals surface area contributed by atoms with E-state index >= 15 is 0 Å². The van der Waals surface area contributed by atoms with Gasteiger partial charge in [-0.2, -0.15) is 0 Å². The van der Waals surface area contributed by atoms with Crippen LogP contribution in [0.4, 0.5) is 0 Å². The van der Waals surface area contributed by atoms with Crippen molar-refractivity contribution in [2.45, 2.75) is 46.0 Å². The van der Waals surface area contributed by atoms with E-state index in [0.29, 0.717) is 0 Å². The first kappa shape index (κ1) is 22.9. The normalized spacial score (nSPS) is 10.8. The smallest absolute Gasteiger partial charge is 0.127 e. The minimum absolute atomic E-state index is 0.784. The first-order valence-electron chi connectivity index (χ1n) is 12.2. The van der Waals surface area contributed by atoms with Crippen LogP contribution in [-0.2, 0) is 0 Å². The second-order valence-electron chi connectivity index (χ2n) is 8.78. The van der Waals surface area contributed by atoms with Gasteiger partial charge in [0.2, 0.25) is 0 Å². The number of unbranched alkanes of at least 4 members (excludes halogenated alkanes) is 4. The quantitative estimate of drug-likeness (QED) is 0.226. The summed E-state index contributed by atoms with van der Waals surface area (Å²) in [5.41, 5.74) is 8.54. The van der Waals surface area contributed by atoms with Crippen LogP contribution in [-0.4, -0.2) is 6.61 Å². The molecule has 0 saturated heterocycles. The molecule has 0 saturated carbocycles. The molecule has 0 atom stereocenters. The Morgan fingerprint density at radius 2 is 1.09 bits per heavy atom. The Labute approximate surface area is 199 Å². The van der Waals surface area contributed by atoms with Crippen LogP contribution >= 0.6 is 0 Å². The van der Waals surface area contributed by atoms with Crippen LogP contribution in [0.2, 0.25) is 0 Å². The highest BCUT2D eigenvalue weighted by atomic mass is 16.5. The van der Waals surface area contributed by atoms with Gasteiger partial charge in [-0.1, -0.05) is 124 Å². The van der Waals surface area contributed by atoms with Gasteiger partial charge in [0.25, 0.3) is 0 Å². The lowest BCUT2D eigenvalue weighted by molar-refractivity contribution is 0.305. The molecule has 0 amide bonds. The molecular weight excluding hydrogens is 400 g/mol. The van der Waals surface area contributed by atoms with Crippen molar-refractivity contribution < 1.29 is 4.74 Å². The first-order valence-corrected chi connectivity index (χ1v) is 12.2. The van der Waals surface area contributed by atoms with E-state index in [1.807, 2.05) is 0 Å². The molecule has 33 heavy (non-hydrogen) atoms. The molecular formula is C32H34O. The highest BCUT2D eigenvalue weighted by Gasteiger charge is 2.08. The molecule has 0 aliphatic rings. The number of hydrogen-bond acceptors (Lipinski definition) is 1. The number of rotatable bonds is 10. The summed E-state index contributed by atoms with van der Waals surface area (Å²) in [5, 5.41) is 0.